The van der Waals surface area contributed by atoms with Crippen molar-refractivity contribution in [3.63, 3.8) is 0 Å². The molecule has 1 heteroatoms. The molecule has 1 atom stereocenters. The fourth-order valence-corrected chi connectivity index (χ4v) is 11.9. The minimum absolute atomic E-state index is 0.149. The third-order valence-corrected chi connectivity index (χ3v) is 15.1. The van der Waals surface area contributed by atoms with E-state index in [1.165, 1.54) is 94.6 Å². The van der Waals surface area contributed by atoms with E-state index in [9.17, 15) is 0 Å². The maximum Gasteiger partial charge on any atom is 0.0720 e. The molecule has 10 aromatic carbocycles. The van der Waals surface area contributed by atoms with Crippen LogP contribution in [0.2, 0.25) is 0 Å². The first-order chi connectivity index (χ1) is 33.6. The van der Waals surface area contributed by atoms with Crippen LogP contribution in [0.4, 0.5) is 17.1 Å². The zero-order chi connectivity index (χ0) is 46.9. The Balaban J connectivity index is 1.20. The molecule has 0 radical (unpaired) electrons. The lowest BCUT2D eigenvalue weighted by Crippen LogP contribution is -2.30. The van der Waals surface area contributed by atoms with Crippen LogP contribution in [0.3, 0.4) is 0 Å². The number of para-hydroxylation sites is 1. The third kappa shape index (κ3) is 6.74. The van der Waals surface area contributed by atoms with Gasteiger partial charge in [-0.15, -0.1) is 0 Å². The number of benzene rings is 10. The summed E-state index contributed by atoms with van der Waals surface area (Å²) < 4.78 is 0. The van der Waals surface area contributed by atoms with Gasteiger partial charge in [-0.1, -0.05) is 241 Å². The fourth-order valence-electron chi connectivity index (χ4n) is 11.9. The van der Waals surface area contributed by atoms with Crippen molar-refractivity contribution in [2.75, 3.05) is 4.90 Å². The molecule has 0 amide bonds. The van der Waals surface area contributed by atoms with Gasteiger partial charge in [0.15, 0.2) is 0 Å². The van der Waals surface area contributed by atoms with Gasteiger partial charge >= 0.3 is 0 Å². The summed E-state index contributed by atoms with van der Waals surface area (Å²) in [7, 11) is 0. The Morgan fingerprint density at radius 3 is 1.51 bits per heavy atom. The average molecular weight is 886 g/mol. The molecule has 1 nitrogen and oxygen atoms in total. The van der Waals surface area contributed by atoms with Crippen molar-refractivity contribution >= 4 is 17.1 Å². The van der Waals surface area contributed by atoms with Crippen LogP contribution in [-0.4, -0.2) is 0 Å². The summed E-state index contributed by atoms with van der Waals surface area (Å²) in [5, 5.41) is 0. The molecule has 10 aromatic rings. The summed E-state index contributed by atoms with van der Waals surface area (Å²) in [6.45, 7) is 11.9. The molecule has 2 aliphatic rings. The molecule has 0 heterocycles. The van der Waals surface area contributed by atoms with E-state index in [1.807, 2.05) is 0 Å². The van der Waals surface area contributed by atoms with Crippen LogP contribution < -0.4 is 4.90 Å². The van der Waals surface area contributed by atoms with Gasteiger partial charge in [0, 0.05) is 22.4 Å². The Morgan fingerprint density at radius 1 is 0.348 bits per heavy atom. The summed E-state index contributed by atoms with van der Waals surface area (Å²) in [5.74, 6) is 0. The Morgan fingerprint density at radius 2 is 0.841 bits per heavy atom. The molecule has 1 unspecified atom stereocenters. The second kappa shape index (κ2) is 16.4. The Labute approximate surface area is 408 Å². The second-order valence-electron chi connectivity index (χ2n) is 20.4. The van der Waals surface area contributed by atoms with E-state index < -0.39 is 5.41 Å². The minimum Gasteiger partial charge on any atom is -0.310 e. The molecule has 0 saturated heterocycles. The highest BCUT2D eigenvalue weighted by molar-refractivity contribution is 5.98. The SMILES string of the molecule is CC(C)(C)c1ccc(-c2ccccc2)c2c1-c1ccc(N(c3ccc4c(c3)C(C)(C)c3ccccc3-4)c3ccccc3-c3ccccc3)cc1C2(c1ccccc1)c1cccc(-c2ccccc2)c1. The van der Waals surface area contributed by atoms with Gasteiger partial charge in [-0.3, -0.25) is 0 Å². The van der Waals surface area contributed by atoms with Gasteiger partial charge in [0.2, 0.25) is 0 Å². The van der Waals surface area contributed by atoms with E-state index in [4.69, 9.17) is 0 Å². The highest BCUT2D eigenvalue weighted by Crippen LogP contribution is 2.62. The quantitative estimate of drug-likeness (QED) is 0.147. The van der Waals surface area contributed by atoms with Gasteiger partial charge < -0.3 is 4.90 Å². The Hall–Kier alpha value is -8.00. The van der Waals surface area contributed by atoms with Crippen LogP contribution >= 0.6 is 0 Å². The smallest absolute Gasteiger partial charge is 0.0720 e. The molecule has 0 N–H and O–H groups in total. The van der Waals surface area contributed by atoms with E-state index >= 15 is 0 Å². The maximum atomic E-state index is 2.55. The normalized spacial score (nSPS) is 15.2. The van der Waals surface area contributed by atoms with Crippen LogP contribution in [0.1, 0.15) is 73.6 Å². The lowest BCUT2D eigenvalue weighted by Gasteiger charge is -2.37. The molecule has 0 aromatic heterocycles. The highest BCUT2D eigenvalue weighted by atomic mass is 15.1. The molecule has 0 bridgehead atoms. The van der Waals surface area contributed by atoms with Gasteiger partial charge in [0.1, 0.15) is 0 Å². The summed E-state index contributed by atoms with van der Waals surface area (Å²) in [6, 6.07) is 90.8. The fraction of sp³-hybridized carbons (Fsp3) is 0.118. The van der Waals surface area contributed by atoms with Gasteiger partial charge in [-0.05, 0) is 131 Å². The summed E-state index contributed by atoms with van der Waals surface area (Å²) >= 11 is 0. The van der Waals surface area contributed by atoms with E-state index in [-0.39, 0.29) is 10.8 Å². The van der Waals surface area contributed by atoms with Crippen molar-refractivity contribution < 1.29 is 0 Å². The molecule has 0 aliphatic heterocycles. The zero-order valence-electron chi connectivity index (χ0n) is 40.0. The number of rotatable bonds is 8. The van der Waals surface area contributed by atoms with Crippen LogP contribution in [0.15, 0.2) is 243 Å². The van der Waals surface area contributed by atoms with Crippen LogP contribution in [0, 0.1) is 0 Å². The van der Waals surface area contributed by atoms with E-state index in [0.717, 1.165) is 17.1 Å². The molecule has 0 spiro atoms. The van der Waals surface area contributed by atoms with Crippen molar-refractivity contribution in [2.45, 2.75) is 50.9 Å². The molecule has 332 valence electrons. The predicted octanol–water partition coefficient (Wildman–Crippen LogP) is 18.1. The Bertz CT molecular complexity index is 3540. The predicted molar refractivity (Wildman–Crippen MR) is 291 cm³/mol. The monoisotopic (exact) mass is 885 g/mol. The number of hydrogen-bond acceptors (Lipinski definition) is 1. The molecule has 2 aliphatic carbocycles. The number of hydrogen-bond donors (Lipinski definition) is 0. The molecule has 12 rings (SSSR count). The van der Waals surface area contributed by atoms with Crippen LogP contribution in [-0.2, 0) is 16.2 Å². The zero-order valence-corrected chi connectivity index (χ0v) is 40.0. The average Bonchev–Trinajstić information content (AvgIpc) is 3.82. The van der Waals surface area contributed by atoms with Gasteiger partial charge in [0.25, 0.3) is 0 Å². The van der Waals surface area contributed by atoms with Gasteiger partial charge in [-0.2, -0.15) is 0 Å². The topological polar surface area (TPSA) is 3.24 Å². The number of fused-ring (bicyclic) bond motifs is 6. The molecular formula is C68H55N. The molecule has 0 saturated carbocycles. The van der Waals surface area contributed by atoms with E-state index in [1.54, 1.807) is 0 Å². The number of nitrogens with zero attached hydrogens (tertiary/aromatic N) is 1. The van der Waals surface area contributed by atoms with Crippen molar-refractivity contribution in [3.05, 3.63) is 282 Å². The van der Waals surface area contributed by atoms with Gasteiger partial charge in [-0.25, -0.2) is 0 Å². The molecule has 0 fully saturated rings. The summed E-state index contributed by atoms with van der Waals surface area (Å²) in [4.78, 5) is 2.53. The lowest BCUT2D eigenvalue weighted by atomic mass is 9.65. The van der Waals surface area contributed by atoms with E-state index in [0.29, 0.717) is 0 Å². The maximum absolute atomic E-state index is 2.55. The lowest BCUT2D eigenvalue weighted by molar-refractivity contribution is 0.591. The molecule has 69 heavy (non-hydrogen) atoms. The van der Waals surface area contributed by atoms with E-state index in [2.05, 4.69) is 282 Å². The highest BCUT2D eigenvalue weighted by Gasteiger charge is 2.50. The van der Waals surface area contributed by atoms with Crippen molar-refractivity contribution in [1.82, 2.24) is 0 Å². The first-order valence-corrected chi connectivity index (χ1v) is 24.4. The Kier molecular flexibility index (Phi) is 10.0. The van der Waals surface area contributed by atoms with Crippen molar-refractivity contribution in [3.8, 4) is 55.6 Å². The minimum atomic E-state index is -0.717. The molecular weight excluding hydrogens is 831 g/mol. The van der Waals surface area contributed by atoms with Gasteiger partial charge in [0.05, 0.1) is 11.1 Å². The second-order valence-corrected chi connectivity index (χ2v) is 20.4. The standard InChI is InChI=1S/C68H55N/c1-66(2,3)60-42-41-55(48-27-14-8-15-28-48)65-64(60)58-40-38-53(45-62(58)68(65,50-30-16-9-17-31-50)51-32-22-29-49(43-51)46-23-10-6-11-24-46)69(63-36-21-19-33-54(63)47-25-12-7-13-26-47)52-37-39-57-56-34-18-20-35-59(56)67(4,5)61(57)44-52/h6-45H,1-5H3. The van der Waals surface area contributed by atoms with Crippen molar-refractivity contribution in [1.29, 1.82) is 0 Å². The van der Waals surface area contributed by atoms with Crippen LogP contribution in [0.25, 0.3) is 55.6 Å². The summed E-state index contributed by atoms with van der Waals surface area (Å²) in [6.07, 6.45) is 0. The van der Waals surface area contributed by atoms with Crippen molar-refractivity contribution in [2.24, 2.45) is 0 Å². The largest absolute Gasteiger partial charge is 0.310 e. The number of anilines is 3. The first kappa shape index (κ1) is 42.4. The third-order valence-electron chi connectivity index (χ3n) is 15.1. The summed E-state index contributed by atoms with van der Waals surface area (Å²) in [5.41, 5.74) is 23.9. The van der Waals surface area contributed by atoms with Crippen LogP contribution in [0.5, 0.6) is 0 Å². The first-order valence-electron chi connectivity index (χ1n) is 24.4.